The van der Waals surface area contributed by atoms with E-state index in [1.54, 1.807) is 0 Å². The van der Waals surface area contributed by atoms with Gasteiger partial charge in [-0.1, -0.05) is 78.9 Å². The first-order valence-corrected chi connectivity index (χ1v) is 7.20. The van der Waals surface area contributed by atoms with Gasteiger partial charge in [-0.2, -0.15) is 0 Å². The number of ether oxygens (including phenoxy) is 1. The van der Waals surface area contributed by atoms with Gasteiger partial charge in [-0.3, -0.25) is 0 Å². The molecule has 3 rings (SSSR count). The first-order chi connectivity index (χ1) is 10.4. The van der Waals surface area contributed by atoms with Gasteiger partial charge in [0.25, 0.3) is 0 Å². The molecule has 0 spiro atoms. The Hall–Kier alpha value is -2.54. The van der Waals surface area contributed by atoms with Gasteiger partial charge in [-0.25, -0.2) is 0 Å². The molecule has 21 heavy (non-hydrogen) atoms. The number of para-hydroxylation sites is 1. The first kappa shape index (κ1) is 13.4. The minimum Gasteiger partial charge on any atom is -0.489 e. The molecule has 1 nitrogen and oxygen atoms in total. The van der Waals surface area contributed by atoms with Gasteiger partial charge in [0.2, 0.25) is 0 Å². The maximum absolute atomic E-state index is 6.00. The summed E-state index contributed by atoms with van der Waals surface area (Å²) >= 11 is 0. The maximum atomic E-state index is 6.00. The zero-order valence-corrected chi connectivity index (χ0v) is 11.9. The predicted molar refractivity (Wildman–Crippen MR) is 86.5 cm³/mol. The van der Waals surface area contributed by atoms with Gasteiger partial charge in [0, 0.05) is 6.42 Å². The van der Waals surface area contributed by atoms with Crippen molar-refractivity contribution >= 4 is 0 Å². The molecule has 0 aliphatic heterocycles. The van der Waals surface area contributed by atoms with Gasteiger partial charge in [0.1, 0.15) is 12.4 Å². The molecule has 3 aromatic carbocycles. The molecular formula is C20H18O. The molecule has 0 amide bonds. The van der Waals surface area contributed by atoms with Crippen molar-refractivity contribution < 1.29 is 4.74 Å². The summed E-state index contributed by atoms with van der Waals surface area (Å²) in [5.41, 5.74) is 3.71. The van der Waals surface area contributed by atoms with Crippen LogP contribution in [0.2, 0.25) is 0 Å². The smallest absolute Gasteiger partial charge is 0.123 e. The Bertz CT molecular complexity index is 674. The highest BCUT2D eigenvalue weighted by molar-refractivity contribution is 5.37. The van der Waals surface area contributed by atoms with Crippen LogP contribution >= 0.6 is 0 Å². The Morgan fingerprint density at radius 2 is 1.14 bits per heavy atom. The normalized spacial score (nSPS) is 10.3. The third-order valence-electron chi connectivity index (χ3n) is 3.45. The molecule has 3 aromatic rings. The van der Waals surface area contributed by atoms with Gasteiger partial charge in [0.15, 0.2) is 0 Å². The zero-order chi connectivity index (χ0) is 14.3. The monoisotopic (exact) mass is 274 g/mol. The lowest BCUT2D eigenvalue weighted by atomic mass is 10.0. The Morgan fingerprint density at radius 1 is 0.571 bits per heavy atom. The minimum absolute atomic E-state index is 0.604. The first-order valence-electron chi connectivity index (χ1n) is 7.20. The molecule has 0 aliphatic carbocycles. The summed E-state index contributed by atoms with van der Waals surface area (Å²) < 4.78 is 6.00. The van der Waals surface area contributed by atoms with Gasteiger partial charge in [-0.15, -0.1) is 0 Å². The van der Waals surface area contributed by atoms with Crippen molar-refractivity contribution in [3.05, 3.63) is 102 Å². The SMILES string of the molecule is c1ccc(COc2ccccc2Cc2ccccc2)cc1. The lowest BCUT2D eigenvalue weighted by Gasteiger charge is -2.11. The summed E-state index contributed by atoms with van der Waals surface area (Å²) in [6, 6.07) is 29.0. The van der Waals surface area contributed by atoms with Crippen LogP contribution in [0, 0.1) is 0 Å². The fraction of sp³-hybridized carbons (Fsp3) is 0.100. The standard InChI is InChI=1S/C20H18O/c1-3-9-17(10-4-1)15-19-13-7-8-14-20(19)21-16-18-11-5-2-6-12-18/h1-14H,15-16H2. The van der Waals surface area contributed by atoms with Crippen LogP contribution in [0.4, 0.5) is 0 Å². The minimum atomic E-state index is 0.604. The number of hydrogen-bond acceptors (Lipinski definition) is 1. The van der Waals surface area contributed by atoms with Crippen LogP contribution in [0.1, 0.15) is 16.7 Å². The maximum Gasteiger partial charge on any atom is 0.123 e. The summed E-state index contributed by atoms with van der Waals surface area (Å²) in [6.07, 6.45) is 0.895. The van der Waals surface area contributed by atoms with E-state index in [9.17, 15) is 0 Å². The van der Waals surface area contributed by atoms with Gasteiger partial charge in [0.05, 0.1) is 0 Å². The van der Waals surface area contributed by atoms with Crippen molar-refractivity contribution in [2.24, 2.45) is 0 Å². The Kier molecular flexibility index (Phi) is 4.33. The summed E-state index contributed by atoms with van der Waals surface area (Å²) in [6.45, 7) is 0.604. The van der Waals surface area contributed by atoms with Crippen LogP contribution in [-0.2, 0) is 13.0 Å². The fourth-order valence-electron chi connectivity index (χ4n) is 2.34. The van der Waals surface area contributed by atoms with E-state index in [1.807, 2.05) is 36.4 Å². The van der Waals surface area contributed by atoms with E-state index in [0.29, 0.717) is 6.61 Å². The molecule has 0 bridgehead atoms. The van der Waals surface area contributed by atoms with Gasteiger partial charge < -0.3 is 4.74 Å². The molecule has 0 unspecified atom stereocenters. The van der Waals surface area contributed by atoms with Crippen molar-refractivity contribution in [1.29, 1.82) is 0 Å². The van der Waals surface area contributed by atoms with Crippen molar-refractivity contribution in [1.82, 2.24) is 0 Å². The highest BCUT2D eigenvalue weighted by Crippen LogP contribution is 2.22. The molecule has 0 aliphatic rings. The van der Waals surface area contributed by atoms with Gasteiger partial charge in [-0.05, 0) is 22.8 Å². The Morgan fingerprint density at radius 3 is 1.86 bits per heavy atom. The highest BCUT2D eigenvalue weighted by Gasteiger charge is 2.04. The van der Waals surface area contributed by atoms with E-state index >= 15 is 0 Å². The molecule has 0 saturated heterocycles. The van der Waals surface area contributed by atoms with Crippen LogP contribution in [-0.4, -0.2) is 0 Å². The lowest BCUT2D eigenvalue weighted by molar-refractivity contribution is 0.303. The number of hydrogen-bond donors (Lipinski definition) is 0. The van der Waals surface area contributed by atoms with Crippen LogP contribution in [0.3, 0.4) is 0 Å². The topological polar surface area (TPSA) is 9.23 Å². The van der Waals surface area contributed by atoms with Crippen LogP contribution in [0.5, 0.6) is 5.75 Å². The van der Waals surface area contributed by atoms with E-state index in [4.69, 9.17) is 4.74 Å². The zero-order valence-electron chi connectivity index (χ0n) is 11.9. The van der Waals surface area contributed by atoms with E-state index in [2.05, 4.69) is 48.5 Å². The molecule has 104 valence electrons. The molecule has 1 heteroatoms. The van der Waals surface area contributed by atoms with Crippen molar-refractivity contribution in [3.8, 4) is 5.75 Å². The third-order valence-corrected chi connectivity index (χ3v) is 3.45. The third kappa shape index (κ3) is 3.73. The molecule has 0 atom stereocenters. The van der Waals surface area contributed by atoms with E-state index in [0.717, 1.165) is 12.2 Å². The number of rotatable bonds is 5. The van der Waals surface area contributed by atoms with E-state index in [-0.39, 0.29) is 0 Å². The molecular weight excluding hydrogens is 256 g/mol. The van der Waals surface area contributed by atoms with Crippen molar-refractivity contribution in [2.45, 2.75) is 13.0 Å². The molecule has 0 fully saturated rings. The fourth-order valence-corrected chi connectivity index (χ4v) is 2.34. The lowest BCUT2D eigenvalue weighted by Crippen LogP contribution is -1.99. The molecule has 0 aromatic heterocycles. The van der Waals surface area contributed by atoms with Crippen LogP contribution < -0.4 is 4.74 Å². The second-order valence-electron chi connectivity index (χ2n) is 5.04. The second kappa shape index (κ2) is 6.76. The van der Waals surface area contributed by atoms with Gasteiger partial charge >= 0.3 is 0 Å². The molecule has 0 heterocycles. The highest BCUT2D eigenvalue weighted by atomic mass is 16.5. The van der Waals surface area contributed by atoms with Crippen molar-refractivity contribution in [3.63, 3.8) is 0 Å². The quantitative estimate of drug-likeness (QED) is 0.646. The van der Waals surface area contributed by atoms with Crippen molar-refractivity contribution in [2.75, 3.05) is 0 Å². The Balaban J connectivity index is 1.73. The van der Waals surface area contributed by atoms with E-state index in [1.165, 1.54) is 16.7 Å². The molecule has 0 radical (unpaired) electrons. The average Bonchev–Trinajstić information content (AvgIpc) is 2.56. The van der Waals surface area contributed by atoms with Crippen LogP contribution in [0.25, 0.3) is 0 Å². The summed E-state index contributed by atoms with van der Waals surface area (Å²) in [5.74, 6) is 0.963. The average molecular weight is 274 g/mol. The largest absolute Gasteiger partial charge is 0.489 e. The second-order valence-corrected chi connectivity index (χ2v) is 5.04. The molecule has 0 saturated carbocycles. The van der Waals surface area contributed by atoms with Crippen LogP contribution in [0.15, 0.2) is 84.9 Å². The Labute approximate surface area is 125 Å². The summed E-state index contributed by atoms with van der Waals surface area (Å²) in [4.78, 5) is 0. The molecule has 0 N–H and O–H groups in total. The van der Waals surface area contributed by atoms with E-state index < -0.39 is 0 Å². The predicted octanol–water partition coefficient (Wildman–Crippen LogP) is 4.86. The number of benzene rings is 3. The summed E-state index contributed by atoms with van der Waals surface area (Å²) in [7, 11) is 0. The summed E-state index contributed by atoms with van der Waals surface area (Å²) in [5, 5.41) is 0.